The molecule has 5 heterocycles. The zero-order valence-electron chi connectivity index (χ0n) is 37.3. The number of hydrogen-bond donors (Lipinski definition) is 4. The van der Waals surface area contributed by atoms with Gasteiger partial charge in [-0.25, -0.2) is 26.9 Å². The number of piperidine rings is 2. The molecule has 1 atom stereocenters. The first-order valence-corrected chi connectivity index (χ1v) is 24.9. The van der Waals surface area contributed by atoms with E-state index in [1.807, 2.05) is 11.0 Å². The van der Waals surface area contributed by atoms with Crippen LogP contribution in [0.15, 0.2) is 84.0 Å². The predicted octanol–water partition coefficient (Wildman–Crippen LogP) is 9.28. The van der Waals surface area contributed by atoms with Crippen LogP contribution in [0.25, 0.3) is 11.0 Å². The van der Waals surface area contributed by atoms with Crippen molar-refractivity contribution < 1.29 is 26.7 Å². The first-order valence-electron chi connectivity index (χ1n) is 23.4. The molecule has 5 N–H and O–H groups in total. The van der Waals surface area contributed by atoms with E-state index in [1.165, 1.54) is 67.3 Å². The number of pyridine rings is 1. The van der Waals surface area contributed by atoms with Crippen LogP contribution in [-0.2, 0) is 10.0 Å². The maximum atomic E-state index is 16.4. The molecule has 10 rings (SSSR count). The number of nitrogens with zero attached hydrogens (tertiary/aromatic N) is 4. The molecule has 1 amide bonds. The van der Waals surface area contributed by atoms with E-state index >= 15 is 8.78 Å². The number of amides is 1. The maximum absolute atomic E-state index is 16.4. The molecule has 344 valence electrons. The summed E-state index contributed by atoms with van der Waals surface area (Å²) in [6.45, 7) is 8.40. The molecule has 5 aliphatic rings. The SMILES string of the molecule is CC(C)c1ccccc1[C@@H]1CCCN1C1CC2(CCN(c3cc(Oc4cnc5[nH]ccc5c4)c(C(=O)NS(=O)(=O)c4ccc(NCC5(F)CCN(C6CC6)CC5)c(N)c4)cc3F)CC2)C1. The minimum atomic E-state index is -4.50. The number of likely N-dealkylation sites (tertiary alicyclic amines) is 2. The summed E-state index contributed by atoms with van der Waals surface area (Å²) >= 11 is 0. The fourth-order valence-electron chi connectivity index (χ4n) is 11.1. The van der Waals surface area contributed by atoms with Crippen LogP contribution in [0.5, 0.6) is 11.5 Å². The largest absolute Gasteiger partial charge is 0.455 e. The van der Waals surface area contributed by atoms with Crippen LogP contribution in [0, 0.1) is 11.2 Å². The van der Waals surface area contributed by atoms with Gasteiger partial charge in [0.25, 0.3) is 15.9 Å². The van der Waals surface area contributed by atoms with Crippen LogP contribution in [0.4, 0.5) is 25.8 Å². The van der Waals surface area contributed by atoms with Crippen molar-refractivity contribution in [1.82, 2.24) is 24.5 Å². The Morgan fingerprint density at radius 1 is 0.954 bits per heavy atom. The molecule has 12 nitrogen and oxygen atoms in total. The molecule has 3 aliphatic heterocycles. The number of ether oxygens (including phenoxy) is 1. The summed E-state index contributed by atoms with van der Waals surface area (Å²) in [5.74, 6) is -0.983. The van der Waals surface area contributed by atoms with Gasteiger partial charge in [-0.2, -0.15) is 0 Å². The second-order valence-electron chi connectivity index (χ2n) is 19.7. The Morgan fingerprint density at radius 3 is 2.46 bits per heavy atom. The molecule has 3 aromatic carbocycles. The van der Waals surface area contributed by atoms with E-state index in [0.717, 1.165) is 43.7 Å². The van der Waals surface area contributed by atoms with Crippen LogP contribution in [0.2, 0.25) is 0 Å². The highest BCUT2D eigenvalue weighted by Gasteiger charge is 2.50. The van der Waals surface area contributed by atoms with Crippen LogP contribution in [0.1, 0.15) is 112 Å². The van der Waals surface area contributed by atoms with Gasteiger partial charge in [-0.05, 0) is 130 Å². The third-order valence-electron chi connectivity index (χ3n) is 15.1. The number of hydrogen-bond acceptors (Lipinski definition) is 10. The number of benzene rings is 3. The average Bonchev–Trinajstić information content (AvgIpc) is 3.82. The first-order chi connectivity index (χ1) is 31.3. The van der Waals surface area contributed by atoms with Crippen molar-refractivity contribution in [3.63, 3.8) is 0 Å². The van der Waals surface area contributed by atoms with Crippen molar-refractivity contribution in [2.24, 2.45) is 5.41 Å². The minimum Gasteiger partial charge on any atom is -0.455 e. The molecule has 2 aromatic heterocycles. The lowest BCUT2D eigenvalue weighted by Crippen LogP contribution is -2.55. The van der Waals surface area contributed by atoms with E-state index in [-0.39, 0.29) is 39.5 Å². The number of anilines is 3. The van der Waals surface area contributed by atoms with Crippen molar-refractivity contribution in [1.29, 1.82) is 0 Å². The molecule has 3 saturated heterocycles. The van der Waals surface area contributed by atoms with Crippen molar-refractivity contribution in [3.8, 4) is 11.5 Å². The van der Waals surface area contributed by atoms with E-state index in [0.29, 0.717) is 80.1 Å². The van der Waals surface area contributed by atoms with Gasteiger partial charge in [0.15, 0.2) is 0 Å². The van der Waals surface area contributed by atoms with Crippen molar-refractivity contribution in [3.05, 3.63) is 102 Å². The lowest BCUT2D eigenvalue weighted by molar-refractivity contribution is -0.0228. The van der Waals surface area contributed by atoms with Crippen LogP contribution in [-0.4, -0.2) is 91.1 Å². The summed E-state index contributed by atoms with van der Waals surface area (Å²) in [4.78, 5) is 28.2. The Bertz CT molecular complexity index is 2680. The summed E-state index contributed by atoms with van der Waals surface area (Å²) < 4.78 is 67.9. The Labute approximate surface area is 380 Å². The molecule has 15 heteroatoms. The summed E-state index contributed by atoms with van der Waals surface area (Å²) in [5, 5.41) is 3.83. The van der Waals surface area contributed by atoms with Gasteiger partial charge in [0.05, 0.1) is 33.7 Å². The van der Waals surface area contributed by atoms with E-state index < -0.39 is 27.4 Å². The van der Waals surface area contributed by atoms with Crippen LogP contribution >= 0.6 is 0 Å². The van der Waals surface area contributed by atoms with Gasteiger partial charge in [0, 0.05) is 68.5 Å². The quantitative estimate of drug-likeness (QED) is 0.0843. The lowest BCUT2D eigenvalue weighted by atomic mass is 9.59. The number of fused-ring (bicyclic) bond motifs is 1. The normalized spacial score (nSPS) is 21.5. The van der Waals surface area contributed by atoms with Crippen molar-refractivity contribution in [2.75, 3.05) is 55.2 Å². The highest BCUT2D eigenvalue weighted by atomic mass is 32.2. The molecule has 1 spiro atoms. The van der Waals surface area contributed by atoms with Crippen molar-refractivity contribution in [2.45, 2.75) is 113 Å². The number of alkyl halides is 1. The molecule has 65 heavy (non-hydrogen) atoms. The Morgan fingerprint density at radius 2 is 1.72 bits per heavy atom. The number of aromatic nitrogens is 2. The fourth-order valence-corrected chi connectivity index (χ4v) is 12.1. The van der Waals surface area contributed by atoms with Crippen LogP contribution in [0.3, 0.4) is 0 Å². The van der Waals surface area contributed by atoms with Gasteiger partial charge in [0.1, 0.15) is 28.6 Å². The number of nitrogens with two attached hydrogens (primary N) is 1. The standard InChI is InChI=1S/C50H60F2N8O4S/c1-32(2)38-6-3-4-7-39(38)44-8-5-19-60(44)35-28-49(29-35)14-20-59(21-15-49)45-27-46(64-36-24-33-13-18-54-47(33)55-30-36)40(26-41(45)51)48(61)57-65(62,63)37-11-12-43(42(53)25-37)56-31-50(52)16-22-58(23-17-50)34-9-10-34/h3-4,6-7,11-13,18,24-27,30,32,34-35,44,56H,5,8-10,14-17,19-23,28-29,31,53H2,1-2H3,(H,54,55)(H,57,61)/t44-/m0/s1. The molecule has 0 radical (unpaired) electrons. The second kappa shape index (κ2) is 17.2. The van der Waals surface area contributed by atoms with Crippen molar-refractivity contribution >= 4 is 44.0 Å². The summed E-state index contributed by atoms with van der Waals surface area (Å²) in [5.41, 5.74) is 9.09. The number of nitrogens with one attached hydrogen (secondary N) is 3. The first kappa shape index (κ1) is 43.6. The van der Waals surface area contributed by atoms with Gasteiger partial charge < -0.3 is 30.6 Å². The number of rotatable bonds is 13. The van der Waals surface area contributed by atoms with Gasteiger partial charge in [0.2, 0.25) is 0 Å². The third kappa shape index (κ3) is 8.91. The van der Waals surface area contributed by atoms with E-state index in [9.17, 15) is 13.2 Å². The molecular formula is C50H60F2N8O4S. The fraction of sp³-hybridized carbons (Fsp3) is 0.480. The minimum absolute atomic E-state index is 0.0151. The topological polar surface area (TPSA) is 149 Å². The summed E-state index contributed by atoms with van der Waals surface area (Å²) in [6.07, 6.45) is 12.9. The molecule has 2 saturated carbocycles. The molecule has 0 bridgehead atoms. The van der Waals surface area contributed by atoms with Gasteiger partial charge >= 0.3 is 0 Å². The molecule has 0 unspecified atom stereocenters. The Kier molecular flexibility index (Phi) is 11.5. The number of nitrogen functional groups attached to an aromatic ring is 1. The number of H-pyrrole nitrogens is 1. The third-order valence-corrected chi connectivity index (χ3v) is 16.4. The van der Waals surface area contributed by atoms with E-state index in [4.69, 9.17) is 10.5 Å². The number of aromatic amines is 1. The predicted molar refractivity (Wildman–Crippen MR) is 250 cm³/mol. The summed E-state index contributed by atoms with van der Waals surface area (Å²) in [7, 11) is -4.50. The van der Waals surface area contributed by atoms with Crippen LogP contribution < -0.4 is 25.4 Å². The highest BCUT2D eigenvalue weighted by Crippen LogP contribution is 2.54. The summed E-state index contributed by atoms with van der Waals surface area (Å²) in [6, 6.07) is 20.6. The highest BCUT2D eigenvalue weighted by molar-refractivity contribution is 7.90. The zero-order chi connectivity index (χ0) is 45.1. The number of halogens is 2. The number of carbonyl (C=O) groups excluding carboxylic acids is 1. The molecular weight excluding hydrogens is 847 g/mol. The Balaban J connectivity index is 0.829. The number of carbonyl (C=O) groups is 1. The molecule has 5 aromatic rings. The smallest absolute Gasteiger partial charge is 0.268 e. The lowest BCUT2D eigenvalue weighted by Gasteiger charge is -2.56. The van der Waals surface area contributed by atoms with E-state index in [2.05, 4.69) is 67.9 Å². The number of sulfonamides is 1. The zero-order valence-corrected chi connectivity index (χ0v) is 38.1. The monoisotopic (exact) mass is 906 g/mol. The molecule has 5 fully saturated rings. The van der Waals surface area contributed by atoms with Gasteiger partial charge in [-0.1, -0.05) is 38.1 Å². The van der Waals surface area contributed by atoms with Gasteiger partial charge in [-0.3, -0.25) is 9.69 Å². The second-order valence-corrected chi connectivity index (χ2v) is 21.4. The maximum Gasteiger partial charge on any atom is 0.268 e. The average molecular weight is 907 g/mol. The van der Waals surface area contributed by atoms with E-state index in [1.54, 1.807) is 12.3 Å². The Hall–Kier alpha value is -5.25. The molecule has 2 aliphatic carbocycles. The van der Waals surface area contributed by atoms with Gasteiger partial charge in [-0.15, -0.1) is 0 Å².